The van der Waals surface area contributed by atoms with E-state index in [1.165, 1.54) is 7.11 Å². The molecule has 0 aliphatic rings. The minimum Gasteiger partial charge on any atom is -0.469 e. The van der Waals surface area contributed by atoms with Gasteiger partial charge in [0.25, 0.3) is 0 Å². The van der Waals surface area contributed by atoms with Crippen LogP contribution in [0.5, 0.6) is 0 Å². The fourth-order valence-electron chi connectivity index (χ4n) is 1.86. The summed E-state index contributed by atoms with van der Waals surface area (Å²) in [6.45, 7) is 0.224. The predicted octanol–water partition coefficient (Wildman–Crippen LogP) is 5.05. The van der Waals surface area contributed by atoms with Gasteiger partial charge in [0.05, 0.1) is 7.11 Å². The molecule has 0 aliphatic heterocycles. The Morgan fingerprint density at radius 2 is 1.17 bits per heavy atom. The van der Waals surface area contributed by atoms with Crippen LogP contribution in [0, 0.1) is 0 Å². The minimum atomic E-state index is -0.136. The maximum Gasteiger partial charge on any atom is 0.305 e. The Kier molecular flexibility index (Phi) is 17.7. The van der Waals surface area contributed by atoms with Crippen molar-refractivity contribution in [1.82, 2.24) is 0 Å². The molecule has 24 heavy (non-hydrogen) atoms. The molecule has 0 spiro atoms. The van der Waals surface area contributed by atoms with Crippen molar-refractivity contribution in [3.05, 3.63) is 60.8 Å². The molecule has 0 unspecified atom stereocenters. The third-order valence-electron chi connectivity index (χ3n) is 3.20. The molecule has 0 saturated carbocycles. The van der Waals surface area contributed by atoms with Crippen LogP contribution in [0.15, 0.2) is 60.8 Å². The van der Waals surface area contributed by atoms with Gasteiger partial charge in [0.15, 0.2) is 0 Å². The Bertz CT molecular complexity index is 428. The summed E-state index contributed by atoms with van der Waals surface area (Å²) in [5, 5.41) is 8.62. The lowest BCUT2D eigenvalue weighted by Crippen LogP contribution is -1.98. The molecule has 134 valence electrons. The molecular formula is C21H32O3. The molecule has 0 radical (unpaired) electrons. The second-order valence-corrected chi connectivity index (χ2v) is 5.28. The van der Waals surface area contributed by atoms with Gasteiger partial charge in [-0.2, -0.15) is 0 Å². The predicted molar refractivity (Wildman–Crippen MR) is 102 cm³/mol. The second kappa shape index (κ2) is 19.2. The Morgan fingerprint density at radius 1 is 0.750 bits per heavy atom. The van der Waals surface area contributed by atoms with E-state index in [4.69, 9.17) is 5.11 Å². The van der Waals surface area contributed by atoms with E-state index in [0.717, 1.165) is 44.9 Å². The Morgan fingerprint density at radius 3 is 1.58 bits per heavy atom. The van der Waals surface area contributed by atoms with Gasteiger partial charge in [-0.05, 0) is 44.9 Å². The van der Waals surface area contributed by atoms with E-state index >= 15 is 0 Å². The van der Waals surface area contributed by atoms with E-state index in [-0.39, 0.29) is 12.6 Å². The zero-order chi connectivity index (χ0) is 17.7. The normalized spacial score (nSPS) is 12.6. The summed E-state index contributed by atoms with van der Waals surface area (Å²) in [7, 11) is 1.42. The number of unbranched alkanes of at least 4 members (excludes halogenated alkanes) is 1. The number of ether oxygens (including phenoxy) is 1. The van der Waals surface area contributed by atoms with Gasteiger partial charge < -0.3 is 9.84 Å². The molecule has 1 N–H and O–H groups in total. The van der Waals surface area contributed by atoms with E-state index in [1.54, 1.807) is 0 Å². The Labute approximate surface area is 147 Å². The first-order valence-electron chi connectivity index (χ1n) is 8.74. The van der Waals surface area contributed by atoms with Gasteiger partial charge in [0.2, 0.25) is 0 Å². The number of hydrogen-bond acceptors (Lipinski definition) is 3. The molecule has 0 saturated heterocycles. The number of carbonyl (C=O) groups excluding carboxylic acids is 1. The summed E-state index contributed by atoms with van der Waals surface area (Å²) < 4.78 is 4.59. The van der Waals surface area contributed by atoms with Crippen molar-refractivity contribution >= 4 is 5.97 Å². The molecule has 0 heterocycles. The van der Waals surface area contributed by atoms with Gasteiger partial charge in [-0.15, -0.1) is 0 Å². The molecule has 3 nitrogen and oxygen atoms in total. The van der Waals surface area contributed by atoms with E-state index in [0.29, 0.717) is 6.42 Å². The van der Waals surface area contributed by atoms with Gasteiger partial charge >= 0.3 is 5.97 Å². The summed E-state index contributed by atoms with van der Waals surface area (Å²) in [4.78, 5) is 10.9. The number of esters is 1. The molecule has 0 atom stereocenters. The number of hydrogen-bond donors (Lipinski definition) is 1. The maximum absolute atomic E-state index is 10.9. The first-order chi connectivity index (χ1) is 11.8. The number of aliphatic hydroxyl groups excluding tert-OH is 1. The van der Waals surface area contributed by atoms with Crippen LogP contribution in [0.4, 0.5) is 0 Å². The van der Waals surface area contributed by atoms with Crippen molar-refractivity contribution in [3.8, 4) is 0 Å². The molecule has 0 rings (SSSR count). The van der Waals surface area contributed by atoms with Gasteiger partial charge in [-0.1, -0.05) is 60.8 Å². The summed E-state index contributed by atoms with van der Waals surface area (Å²) in [5.74, 6) is -0.136. The van der Waals surface area contributed by atoms with Crippen molar-refractivity contribution < 1.29 is 14.6 Å². The van der Waals surface area contributed by atoms with Crippen molar-refractivity contribution in [3.63, 3.8) is 0 Å². The molecule has 0 bridgehead atoms. The smallest absolute Gasteiger partial charge is 0.305 e. The average molecular weight is 332 g/mol. The van der Waals surface area contributed by atoms with E-state index in [9.17, 15) is 4.79 Å². The molecule has 0 amide bonds. The van der Waals surface area contributed by atoms with Crippen LogP contribution in [0.25, 0.3) is 0 Å². The summed E-state index contributed by atoms with van der Waals surface area (Å²) in [5.41, 5.74) is 0. The number of aliphatic hydroxyl groups is 1. The van der Waals surface area contributed by atoms with E-state index in [1.807, 2.05) is 6.08 Å². The van der Waals surface area contributed by atoms with Crippen LogP contribution in [-0.2, 0) is 9.53 Å². The third kappa shape index (κ3) is 18.2. The molecule has 0 aromatic heterocycles. The molecule has 0 aliphatic carbocycles. The minimum absolute atomic E-state index is 0.136. The Balaban J connectivity index is 3.48. The monoisotopic (exact) mass is 332 g/mol. The van der Waals surface area contributed by atoms with Crippen molar-refractivity contribution in [1.29, 1.82) is 0 Å². The number of allylic oxidation sites excluding steroid dienone is 9. The summed E-state index contributed by atoms with van der Waals surface area (Å²) in [6, 6.07) is 0. The maximum atomic E-state index is 10.9. The quantitative estimate of drug-likeness (QED) is 0.275. The van der Waals surface area contributed by atoms with Gasteiger partial charge in [-0.3, -0.25) is 4.79 Å². The van der Waals surface area contributed by atoms with Gasteiger partial charge in [-0.25, -0.2) is 0 Å². The second-order valence-electron chi connectivity index (χ2n) is 5.28. The lowest BCUT2D eigenvalue weighted by atomic mass is 10.2. The van der Waals surface area contributed by atoms with Gasteiger partial charge in [0, 0.05) is 13.0 Å². The number of carbonyl (C=O) groups is 1. The highest BCUT2D eigenvalue weighted by atomic mass is 16.5. The largest absolute Gasteiger partial charge is 0.469 e. The molecular weight excluding hydrogens is 300 g/mol. The zero-order valence-electron chi connectivity index (χ0n) is 14.9. The lowest BCUT2D eigenvalue weighted by molar-refractivity contribution is -0.140. The first kappa shape index (κ1) is 22.1. The van der Waals surface area contributed by atoms with Crippen LogP contribution in [0.1, 0.15) is 51.4 Å². The highest BCUT2D eigenvalue weighted by Crippen LogP contribution is 2.00. The highest BCUT2D eigenvalue weighted by Gasteiger charge is 1.96. The topological polar surface area (TPSA) is 46.5 Å². The third-order valence-corrected chi connectivity index (χ3v) is 3.20. The zero-order valence-corrected chi connectivity index (χ0v) is 14.9. The van der Waals surface area contributed by atoms with Crippen LogP contribution >= 0.6 is 0 Å². The van der Waals surface area contributed by atoms with Crippen LogP contribution in [0.3, 0.4) is 0 Å². The standard InChI is InChI=1S/C21H32O3/c1-24-21(23)19-17-15-13-11-9-7-5-3-2-4-6-8-10-12-14-16-18-20-22/h2,4-5,7-8,10-11,13-14,16,22H,3,6,9,12,15,17-20H2,1H3/b4-2-,7-5-,10-8-,13-11-,16-14-. The van der Waals surface area contributed by atoms with Gasteiger partial charge in [0.1, 0.15) is 0 Å². The molecule has 0 fully saturated rings. The van der Waals surface area contributed by atoms with E-state index in [2.05, 4.69) is 59.4 Å². The summed E-state index contributed by atoms with van der Waals surface area (Å²) in [6.07, 6.45) is 28.0. The molecule has 0 aromatic carbocycles. The Hall–Kier alpha value is -1.87. The van der Waals surface area contributed by atoms with E-state index < -0.39 is 0 Å². The van der Waals surface area contributed by atoms with Crippen LogP contribution in [-0.4, -0.2) is 24.8 Å². The van der Waals surface area contributed by atoms with Crippen LogP contribution in [0.2, 0.25) is 0 Å². The fraction of sp³-hybridized carbons (Fsp3) is 0.476. The lowest BCUT2D eigenvalue weighted by Gasteiger charge is -1.95. The number of methoxy groups -OCH3 is 1. The van der Waals surface area contributed by atoms with Crippen LogP contribution < -0.4 is 0 Å². The molecule has 0 aromatic rings. The highest BCUT2D eigenvalue weighted by molar-refractivity contribution is 5.69. The van der Waals surface area contributed by atoms with Crippen molar-refractivity contribution in [2.24, 2.45) is 0 Å². The fourth-order valence-corrected chi connectivity index (χ4v) is 1.86. The van der Waals surface area contributed by atoms with Crippen molar-refractivity contribution in [2.75, 3.05) is 13.7 Å². The SMILES string of the molecule is COC(=O)CCC/C=C\C/C=C\C/C=C\C/C=C\C/C=C\CCO. The first-order valence-corrected chi connectivity index (χ1v) is 8.74. The van der Waals surface area contributed by atoms with Crippen molar-refractivity contribution in [2.45, 2.75) is 51.4 Å². The number of rotatable bonds is 14. The molecule has 3 heteroatoms. The summed E-state index contributed by atoms with van der Waals surface area (Å²) >= 11 is 0. The average Bonchev–Trinajstić information content (AvgIpc) is 2.60.